The lowest BCUT2D eigenvalue weighted by atomic mass is 10.0. The Bertz CT molecular complexity index is 717. The molecule has 2 aromatic rings. The number of rotatable bonds is 5. The number of nitriles is 1. The molecule has 4 heteroatoms. The minimum atomic E-state index is -0.136. The van der Waals surface area contributed by atoms with Gasteiger partial charge in [0.25, 0.3) is 0 Å². The molecule has 2 N–H and O–H groups in total. The molecular formula is C18H18N2O2. The average Bonchev–Trinajstić information content (AvgIpc) is 2.51. The lowest BCUT2D eigenvalue weighted by Gasteiger charge is -2.11. The number of aliphatic hydroxyl groups is 1. The molecule has 2 aromatic carbocycles. The highest BCUT2D eigenvalue weighted by Crippen LogP contribution is 2.18. The van der Waals surface area contributed by atoms with Gasteiger partial charge in [0, 0.05) is 5.69 Å². The zero-order chi connectivity index (χ0) is 15.9. The summed E-state index contributed by atoms with van der Waals surface area (Å²) < 4.78 is 0. The van der Waals surface area contributed by atoms with Gasteiger partial charge in [-0.1, -0.05) is 36.4 Å². The summed E-state index contributed by atoms with van der Waals surface area (Å²) in [6, 6.07) is 15.0. The molecule has 0 aliphatic heterocycles. The van der Waals surface area contributed by atoms with E-state index < -0.39 is 0 Å². The fourth-order valence-electron chi connectivity index (χ4n) is 2.26. The van der Waals surface area contributed by atoms with Gasteiger partial charge in [0.1, 0.15) is 0 Å². The van der Waals surface area contributed by atoms with Crippen LogP contribution in [-0.2, 0) is 24.2 Å². The fraction of sp³-hybridized carbons (Fsp3) is 0.222. The SMILES string of the molecule is Cc1ccc(CO)cc1NC(=O)Cc1ccccc1CC#N. The van der Waals surface area contributed by atoms with Crippen molar-refractivity contribution in [2.24, 2.45) is 0 Å². The van der Waals surface area contributed by atoms with Crippen LogP contribution in [0.5, 0.6) is 0 Å². The number of hydrogen-bond donors (Lipinski definition) is 2. The maximum Gasteiger partial charge on any atom is 0.228 e. The van der Waals surface area contributed by atoms with Crippen LogP contribution in [0.4, 0.5) is 5.69 Å². The van der Waals surface area contributed by atoms with Crippen molar-refractivity contribution in [1.29, 1.82) is 5.26 Å². The fourth-order valence-corrected chi connectivity index (χ4v) is 2.26. The molecule has 0 saturated carbocycles. The second-order valence-electron chi connectivity index (χ2n) is 5.14. The van der Waals surface area contributed by atoms with Crippen molar-refractivity contribution in [3.05, 3.63) is 64.7 Å². The normalized spacial score (nSPS) is 10.0. The van der Waals surface area contributed by atoms with Crippen molar-refractivity contribution in [3.8, 4) is 6.07 Å². The smallest absolute Gasteiger partial charge is 0.228 e. The summed E-state index contributed by atoms with van der Waals surface area (Å²) >= 11 is 0. The monoisotopic (exact) mass is 294 g/mol. The van der Waals surface area contributed by atoms with E-state index in [4.69, 9.17) is 5.26 Å². The predicted octanol–water partition coefficient (Wildman–Crippen LogP) is 2.73. The summed E-state index contributed by atoms with van der Waals surface area (Å²) in [5, 5.41) is 20.9. The van der Waals surface area contributed by atoms with Gasteiger partial charge in [0.2, 0.25) is 5.91 Å². The lowest BCUT2D eigenvalue weighted by Crippen LogP contribution is -2.16. The molecule has 112 valence electrons. The molecule has 0 aliphatic rings. The minimum Gasteiger partial charge on any atom is -0.392 e. The number of anilines is 1. The third kappa shape index (κ3) is 3.94. The Hall–Kier alpha value is -2.64. The number of nitrogens with one attached hydrogen (secondary N) is 1. The number of benzene rings is 2. The van der Waals surface area contributed by atoms with Gasteiger partial charge >= 0.3 is 0 Å². The molecule has 0 unspecified atom stereocenters. The van der Waals surface area contributed by atoms with Gasteiger partial charge < -0.3 is 10.4 Å². The number of aliphatic hydroxyl groups excluding tert-OH is 1. The quantitative estimate of drug-likeness (QED) is 0.890. The van der Waals surface area contributed by atoms with Crippen molar-refractivity contribution in [2.75, 3.05) is 5.32 Å². The van der Waals surface area contributed by atoms with Crippen LogP contribution in [0.25, 0.3) is 0 Å². The maximum atomic E-state index is 12.2. The standard InChI is InChI=1S/C18H18N2O2/c1-13-6-7-14(12-21)10-17(13)20-18(22)11-16-5-3-2-4-15(16)8-9-19/h2-7,10,21H,8,11-12H2,1H3,(H,20,22). The van der Waals surface area contributed by atoms with E-state index in [9.17, 15) is 9.90 Å². The van der Waals surface area contributed by atoms with Gasteiger partial charge in [-0.3, -0.25) is 4.79 Å². The highest BCUT2D eigenvalue weighted by atomic mass is 16.3. The number of nitrogens with zero attached hydrogens (tertiary/aromatic N) is 1. The van der Waals surface area contributed by atoms with Crippen molar-refractivity contribution in [3.63, 3.8) is 0 Å². The second kappa shape index (κ2) is 7.39. The van der Waals surface area contributed by atoms with Crippen molar-refractivity contribution < 1.29 is 9.90 Å². The van der Waals surface area contributed by atoms with Crippen molar-refractivity contribution >= 4 is 11.6 Å². The van der Waals surface area contributed by atoms with Crippen LogP contribution in [0.2, 0.25) is 0 Å². The van der Waals surface area contributed by atoms with Gasteiger partial charge in [-0.15, -0.1) is 0 Å². The average molecular weight is 294 g/mol. The van der Waals surface area contributed by atoms with Gasteiger partial charge in [0.15, 0.2) is 0 Å². The summed E-state index contributed by atoms with van der Waals surface area (Å²) in [4.78, 5) is 12.2. The van der Waals surface area contributed by atoms with E-state index in [0.29, 0.717) is 12.1 Å². The molecule has 0 radical (unpaired) electrons. The van der Waals surface area contributed by atoms with Crippen LogP contribution in [0.3, 0.4) is 0 Å². The van der Waals surface area contributed by atoms with Crippen LogP contribution in [0.15, 0.2) is 42.5 Å². The van der Waals surface area contributed by atoms with Crippen LogP contribution in [0, 0.1) is 18.3 Å². The Morgan fingerprint density at radius 3 is 2.64 bits per heavy atom. The van der Waals surface area contributed by atoms with E-state index in [-0.39, 0.29) is 18.9 Å². The molecule has 0 atom stereocenters. The van der Waals surface area contributed by atoms with Crippen molar-refractivity contribution in [2.45, 2.75) is 26.4 Å². The molecule has 0 fully saturated rings. The number of amides is 1. The van der Waals surface area contributed by atoms with Gasteiger partial charge in [0.05, 0.1) is 25.5 Å². The number of carbonyl (C=O) groups excluding carboxylic acids is 1. The Morgan fingerprint density at radius 1 is 1.23 bits per heavy atom. The first-order valence-electron chi connectivity index (χ1n) is 7.08. The molecule has 22 heavy (non-hydrogen) atoms. The van der Waals surface area contributed by atoms with E-state index in [2.05, 4.69) is 11.4 Å². The highest BCUT2D eigenvalue weighted by molar-refractivity contribution is 5.93. The van der Waals surface area contributed by atoms with E-state index in [1.54, 1.807) is 6.07 Å². The van der Waals surface area contributed by atoms with Crippen LogP contribution in [0.1, 0.15) is 22.3 Å². The lowest BCUT2D eigenvalue weighted by molar-refractivity contribution is -0.115. The third-order valence-electron chi connectivity index (χ3n) is 3.50. The molecule has 0 bridgehead atoms. The molecule has 0 heterocycles. The molecule has 0 saturated heterocycles. The Morgan fingerprint density at radius 2 is 1.95 bits per heavy atom. The van der Waals surface area contributed by atoms with E-state index in [1.165, 1.54) is 0 Å². The van der Waals surface area contributed by atoms with Crippen LogP contribution >= 0.6 is 0 Å². The number of hydrogen-bond acceptors (Lipinski definition) is 3. The summed E-state index contributed by atoms with van der Waals surface area (Å²) in [6.45, 7) is 1.84. The van der Waals surface area contributed by atoms with E-state index >= 15 is 0 Å². The maximum absolute atomic E-state index is 12.2. The summed E-state index contributed by atoms with van der Waals surface area (Å²) in [5.41, 5.74) is 4.13. The van der Waals surface area contributed by atoms with Gasteiger partial charge in [-0.05, 0) is 35.2 Å². The molecule has 0 aliphatic carbocycles. The van der Waals surface area contributed by atoms with Gasteiger partial charge in [-0.25, -0.2) is 0 Å². The van der Waals surface area contributed by atoms with E-state index in [1.807, 2.05) is 43.3 Å². The molecule has 2 rings (SSSR count). The largest absolute Gasteiger partial charge is 0.392 e. The first-order valence-corrected chi connectivity index (χ1v) is 7.08. The second-order valence-corrected chi connectivity index (χ2v) is 5.14. The third-order valence-corrected chi connectivity index (χ3v) is 3.50. The Kier molecular flexibility index (Phi) is 5.29. The van der Waals surface area contributed by atoms with Crippen LogP contribution < -0.4 is 5.32 Å². The summed E-state index contributed by atoms with van der Waals surface area (Å²) in [5.74, 6) is -0.136. The Labute approximate surface area is 130 Å². The molecule has 0 aromatic heterocycles. The summed E-state index contributed by atoms with van der Waals surface area (Å²) in [7, 11) is 0. The molecule has 0 spiro atoms. The minimum absolute atomic E-state index is 0.0614. The Balaban J connectivity index is 2.13. The number of carbonyl (C=O) groups is 1. The van der Waals surface area contributed by atoms with Gasteiger partial charge in [-0.2, -0.15) is 5.26 Å². The molecule has 1 amide bonds. The van der Waals surface area contributed by atoms with E-state index in [0.717, 1.165) is 22.3 Å². The first-order chi connectivity index (χ1) is 10.6. The molecular weight excluding hydrogens is 276 g/mol. The zero-order valence-electron chi connectivity index (χ0n) is 12.5. The van der Waals surface area contributed by atoms with Crippen LogP contribution in [-0.4, -0.2) is 11.0 Å². The number of aryl methyl sites for hydroxylation is 1. The first kappa shape index (κ1) is 15.7. The van der Waals surface area contributed by atoms with Crippen molar-refractivity contribution in [1.82, 2.24) is 0 Å². The zero-order valence-corrected chi connectivity index (χ0v) is 12.5. The highest BCUT2D eigenvalue weighted by Gasteiger charge is 2.09. The topological polar surface area (TPSA) is 73.1 Å². The molecule has 4 nitrogen and oxygen atoms in total. The summed E-state index contributed by atoms with van der Waals surface area (Å²) in [6.07, 6.45) is 0.517. The predicted molar refractivity (Wildman–Crippen MR) is 85.2 cm³/mol.